The number of rotatable bonds is 2. The Labute approximate surface area is 97.9 Å². The van der Waals surface area contributed by atoms with Crippen LogP contribution in [0.1, 0.15) is 23.6 Å². The predicted molar refractivity (Wildman–Crippen MR) is 70.7 cm³/mol. The third-order valence-electron chi connectivity index (χ3n) is 3.07. The molecular formula is C16H18. The van der Waals surface area contributed by atoms with Gasteiger partial charge in [0.05, 0.1) is 0 Å². The van der Waals surface area contributed by atoms with E-state index in [1.807, 2.05) is 0 Å². The number of hydrogen-bond acceptors (Lipinski definition) is 0. The summed E-state index contributed by atoms with van der Waals surface area (Å²) in [5.41, 5.74) is 6.77. The van der Waals surface area contributed by atoms with Gasteiger partial charge in [0.15, 0.2) is 0 Å². The topological polar surface area (TPSA) is 0 Å². The van der Waals surface area contributed by atoms with Crippen molar-refractivity contribution in [3.8, 4) is 11.1 Å². The van der Waals surface area contributed by atoms with Crippen LogP contribution in [0.3, 0.4) is 0 Å². The lowest BCUT2D eigenvalue weighted by Gasteiger charge is -2.07. The smallest absolute Gasteiger partial charge is 0.0181 e. The van der Waals surface area contributed by atoms with Gasteiger partial charge in [-0.15, -0.1) is 0 Å². The molecule has 0 saturated heterocycles. The Bertz CT molecular complexity index is 495. The van der Waals surface area contributed by atoms with E-state index < -0.39 is 0 Å². The molecule has 0 amide bonds. The molecule has 82 valence electrons. The lowest BCUT2D eigenvalue weighted by Crippen LogP contribution is -1.87. The lowest BCUT2D eigenvalue weighted by atomic mass is 9.98. The van der Waals surface area contributed by atoms with Crippen LogP contribution in [0.25, 0.3) is 11.1 Å². The molecule has 16 heavy (non-hydrogen) atoms. The van der Waals surface area contributed by atoms with Gasteiger partial charge in [0.2, 0.25) is 0 Å². The molecule has 0 radical (unpaired) electrons. The van der Waals surface area contributed by atoms with Gasteiger partial charge < -0.3 is 0 Å². The fourth-order valence-electron chi connectivity index (χ4n) is 2.10. The first-order valence-electron chi connectivity index (χ1n) is 5.87. The Morgan fingerprint density at radius 1 is 0.875 bits per heavy atom. The highest BCUT2D eigenvalue weighted by atomic mass is 14.1. The first kappa shape index (κ1) is 10.9. The average molecular weight is 210 g/mol. The summed E-state index contributed by atoms with van der Waals surface area (Å²) in [7, 11) is 0. The minimum absolute atomic E-state index is 1.11. The monoisotopic (exact) mass is 210 g/mol. The van der Waals surface area contributed by atoms with Crippen molar-refractivity contribution in [3.63, 3.8) is 0 Å². The van der Waals surface area contributed by atoms with Crippen LogP contribution >= 0.6 is 0 Å². The summed E-state index contributed by atoms with van der Waals surface area (Å²) in [6.07, 6.45) is 1.11. The largest absolute Gasteiger partial charge is 0.0614 e. The molecule has 0 heterocycles. The zero-order valence-corrected chi connectivity index (χ0v) is 10.2. The van der Waals surface area contributed by atoms with E-state index in [9.17, 15) is 0 Å². The van der Waals surface area contributed by atoms with Gasteiger partial charge in [-0.1, -0.05) is 55.0 Å². The second kappa shape index (κ2) is 4.52. The van der Waals surface area contributed by atoms with Crippen molar-refractivity contribution in [2.24, 2.45) is 0 Å². The summed E-state index contributed by atoms with van der Waals surface area (Å²) in [5.74, 6) is 0. The molecule has 0 spiro atoms. The molecule has 0 bridgehead atoms. The van der Waals surface area contributed by atoms with Crippen LogP contribution in [0.2, 0.25) is 0 Å². The summed E-state index contributed by atoms with van der Waals surface area (Å²) < 4.78 is 0. The highest BCUT2D eigenvalue weighted by Crippen LogP contribution is 2.23. The van der Waals surface area contributed by atoms with Gasteiger partial charge in [0.25, 0.3) is 0 Å². The van der Waals surface area contributed by atoms with E-state index in [0.29, 0.717) is 0 Å². The van der Waals surface area contributed by atoms with Gasteiger partial charge in [0, 0.05) is 0 Å². The molecule has 0 unspecified atom stereocenters. The molecule has 0 fully saturated rings. The van der Waals surface area contributed by atoms with Gasteiger partial charge in [-0.3, -0.25) is 0 Å². The second-order valence-electron chi connectivity index (χ2n) is 4.36. The number of hydrogen-bond donors (Lipinski definition) is 0. The Morgan fingerprint density at radius 3 is 2.25 bits per heavy atom. The first-order chi connectivity index (χ1) is 7.70. The summed E-state index contributed by atoms with van der Waals surface area (Å²) >= 11 is 0. The predicted octanol–water partition coefficient (Wildman–Crippen LogP) is 4.53. The van der Waals surface area contributed by atoms with Crippen molar-refractivity contribution >= 4 is 0 Å². The SMILES string of the molecule is CCc1ccc(-c2cccc(C)c2)cc1C. The number of benzene rings is 2. The molecule has 0 aliphatic rings. The Balaban J connectivity index is 2.45. The molecule has 0 atom stereocenters. The van der Waals surface area contributed by atoms with Crippen molar-refractivity contribution < 1.29 is 0 Å². The Morgan fingerprint density at radius 2 is 1.62 bits per heavy atom. The zero-order chi connectivity index (χ0) is 11.5. The van der Waals surface area contributed by atoms with Crippen LogP contribution in [0.15, 0.2) is 42.5 Å². The van der Waals surface area contributed by atoms with E-state index in [0.717, 1.165) is 6.42 Å². The van der Waals surface area contributed by atoms with E-state index in [1.165, 1.54) is 27.8 Å². The van der Waals surface area contributed by atoms with Gasteiger partial charge in [0.1, 0.15) is 0 Å². The quantitative estimate of drug-likeness (QED) is 0.683. The van der Waals surface area contributed by atoms with Crippen LogP contribution < -0.4 is 0 Å². The van der Waals surface area contributed by atoms with Crippen LogP contribution in [0.5, 0.6) is 0 Å². The summed E-state index contributed by atoms with van der Waals surface area (Å²) in [6.45, 7) is 6.53. The Kier molecular flexibility index (Phi) is 3.09. The van der Waals surface area contributed by atoms with E-state index in [-0.39, 0.29) is 0 Å². The first-order valence-corrected chi connectivity index (χ1v) is 5.87. The maximum atomic E-state index is 2.29. The molecule has 2 aromatic rings. The molecule has 0 N–H and O–H groups in total. The van der Waals surface area contributed by atoms with Crippen LogP contribution in [-0.2, 0) is 6.42 Å². The maximum absolute atomic E-state index is 2.29. The molecule has 0 saturated carbocycles. The second-order valence-corrected chi connectivity index (χ2v) is 4.36. The van der Waals surface area contributed by atoms with Gasteiger partial charge in [-0.25, -0.2) is 0 Å². The van der Waals surface area contributed by atoms with E-state index in [1.54, 1.807) is 0 Å². The molecule has 0 aliphatic carbocycles. The standard InChI is InChI=1S/C16H18/c1-4-14-8-9-16(11-13(14)3)15-7-5-6-12(2)10-15/h5-11H,4H2,1-3H3. The van der Waals surface area contributed by atoms with Crippen molar-refractivity contribution in [1.29, 1.82) is 0 Å². The minimum atomic E-state index is 1.11. The molecule has 0 aromatic heterocycles. The van der Waals surface area contributed by atoms with Crippen molar-refractivity contribution in [1.82, 2.24) is 0 Å². The van der Waals surface area contributed by atoms with E-state index >= 15 is 0 Å². The Hall–Kier alpha value is -1.56. The van der Waals surface area contributed by atoms with E-state index in [4.69, 9.17) is 0 Å². The normalized spacial score (nSPS) is 10.4. The molecule has 0 heteroatoms. The van der Waals surface area contributed by atoms with E-state index in [2.05, 4.69) is 63.2 Å². The summed E-state index contributed by atoms with van der Waals surface area (Å²) in [6, 6.07) is 15.4. The van der Waals surface area contributed by atoms with Crippen molar-refractivity contribution in [3.05, 3.63) is 59.2 Å². The fourth-order valence-corrected chi connectivity index (χ4v) is 2.10. The third kappa shape index (κ3) is 2.16. The lowest BCUT2D eigenvalue weighted by molar-refractivity contribution is 1.11. The number of aryl methyl sites for hydroxylation is 3. The fraction of sp³-hybridized carbons (Fsp3) is 0.250. The van der Waals surface area contributed by atoms with Crippen LogP contribution in [0, 0.1) is 13.8 Å². The highest BCUT2D eigenvalue weighted by Gasteiger charge is 2.01. The zero-order valence-electron chi connectivity index (χ0n) is 10.2. The van der Waals surface area contributed by atoms with Crippen LogP contribution in [-0.4, -0.2) is 0 Å². The van der Waals surface area contributed by atoms with Crippen LogP contribution in [0.4, 0.5) is 0 Å². The van der Waals surface area contributed by atoms with Gasteiger partial charge in [-0.2, -0.15) is 0 Å². The molecule has 2 rings (SSSR count). The summed E-state index contributed by atoms with van der Waals surface area (Å²) in [4.78, 5) is 0. The van der Waals surface area contributed by atoms with Crippen molar-refractivity contribution in [2.45, 2.75) is 27.2 Å². The molecule has 0 nitrogen and oxygen atoms in total. The third-order valence-corrected chi connectivity index (χ3v) is 3.07. The molecule has 0 aliphatic heterocycles. The van der Waals surface area contributed by atoms with Gasteiger partial charge >= 0.3 is 0 Å². The molecule has 2 aromatic carbocycles. The van der Waals surface area contributed by atoms with Gasteiger partial charge in [-0.05, 0) is 42.5 Å². The summed E-state index contributed by atoms with van der Waals surface area (Å²) in [5, 5.41) is 0. The average Bonchev–Trinajstić information content (AvgIpc) is 2.29. The maximum Gasteiger partial charge on any atom is -0.0181 e. The minimum Gasteiger partial charge on any atom is -0.0614 e. The van der Waals surface area contributed by atoms with Crippen molar-refractivity contribution in [2.75, 3.05) is 0 Å². The molecular weight excluding hydrogens is 192 g/mol. The highest BCUT2D eigenvalue weighted by molar-refractivity contribution is 5.65.